The molecule has 0 atom stereocenters. The van der Waals surface area contributed by atoms with Gasteiger partial charge in [-0.15, -0.1) is 0 Å². The van der Waals surface area contributed by atoms with Crippen LogP contribution in [-0.2, 0) is 19.1 Å². The molecule has 1 rings (SSSR count). The highest BCUT2D eigenvalue weighted by atomic mass is 16.6. The van der Waals surface area contributed by atoms with Gasteiger partial charge >= 0.3 is 11.9 Å². The first kappa shape index (κ1) is 15.0. The Kier molecular flexibility index (Phi) is 4.73. The summed E-state index contributed by atoms with van der Waals surface area (Å²) in [4.78, 5) is 23.1. The van der Waals surface area contributed by atoms with E-state index in [1.165, 1.54) is 0 Å². The van der Waals surface area contributed by atoms with Crippen LogP contribution < -0.4 is 5.73 Å². The molecule has 1 aliphatic rings. The fourth-order valence-corrected chi connectivity index (χ4v) is 2.01. The Labute approximate surface area is 108 Å². The molecule has 1 saturated carbocycles. The van der Waals surface area contributed by atoms with E-state index >= 15 is 0 Å². The molecule has 5 nitrogen and oxygen atoms in total. The van der Waals surface area contributed by atoms with E-state index in [4.69, 9.17) is 15.2 Å². The highest BCUT2D eigenvalue weighted by Gasteiger charge is 2.32. The largest absolute Gasteiger partial charge is 0.460 e. The van der Waals surface area contributed by atoms with Crippen LogP contribution in [0.15, 0.2) is 0 Å². The van der Waals surface area contributed by atoms with Crippen molar-refractivity contribution in [3.8, 4) is 0 Å². The Balaban J connectivity index is 2.39. The lowest BCUT2D eigenvalue weighted by atomic mass is 9.92. The second-order valence-electron chi connectivity index (χ2n) is 5.86. The Hall–Kier alpha value is -1.10. The summed E-state index contributed by atoms with van der Waals surface area (Å²) in [5, 5.41) is 0. The molecule has 0 heterocycles. The third kappa shape index (κ3) is 5.49. The van der Waals surface area contributed by atoms with E-state index in [9.17, 15) is 9.59 Å². The number of nitrogens with two attached hydrogens (primary N) is 1. The summed E-state index contributed by atoms with van der Waals surface area (Å²) in [6.07, 6.45) is 3.96. The highest BCUT2D eigenvalue weighted by Crippen LogP contribution is 2.27. The van der Waals surface area contributed by atoms with Crippen LogP contribution in [0.4, 0.5) is 0 Å². The van der Waals surface area contributed by atoms with Gasteiger partial charge in [0.25, 0.3) is 0 Å². The monoisotopic (exact) mass is 257 g/mol. The fraction of sp³-hybridized carbons (Fsp3) is 0.846. The van der Waals surface area contributed by atoms with E-state index in [-0.39, 0.29) is 6.42 Å². The summed E-state index contributed by atoms with van der Waals surface area (Å²) in [6, 6.07) is 0. The molecule has 104 valence electrons. The number of carbonyl (C=O) groups excluding carboxylic acids is 2. The maximum Gasteiger partial charge on any atom is 0.318 e. The van der Waals surface area contributed by atoms with Crippen molar-refractivity contribution in [3.63, 3.8) is 0 Å². The Morgan fingerprint density at radius 3 is 2.17 bits per heavy atom. The van der Waals surface area contributed by atoms with Gasteiger partial charge in [-0.2, -0.15) is 0 Å². The molecule has 0 aromatic rings. The summed E-state index contributed by atoms with van der Waals surface area (Å²) < 4.78 is 10.3. The quantitative estimate of drug-likeness (QED) is 0.474. The molecule has 1 fully saturated rings. The van der Waals surface area contributed by atoms with Crippen molar-refractivity contribution in [2.24, 2.45) is 5.73 Å². The van der Waals surface area contributed by atoms with Crippen molar-refractivity contribution in [3.05, 3.63) is 0 Å². The molecule has 0 aliphatic heterocycles. The van der Waals surface area contributed by atoms with Gasteiger partial charge in [-0.25, -0.2) is 0 Å². The Morgan fingerprint density at radius 1 is 1.11 bits per heavy atom. The van der Waals surface area contributed by atoms with Gasteiger partial charge in [0.15, 0.2) is 5.72 Å². The summed E-state index contributed by atoms with van der Waals surface area (Å²) >= 11 is 0. The van der Waals surface area contributed by atoms with E-state index in [1.54, 1.807) is 20.8 Å². The molecular weight excluding hydrogens is 234 g/mol. The van der Waals surface area contributed by atoms with Crippen LogP contribution in [0.1, 0.15) is 59.3 Å². The summed E-state index contributed by atoms with van der Waals surface area (Å²) in [5.41, 5.74) is 4.48. The maximum absolute atomic E-state index is 11.6. The lowest BCUT2D eigenvalue weighted by Gasteiger charge is -2.32. The van der Waals surface area contributed by atoms with E-state index in [0.717, 1.165) is 19.3 Å². The summed E-state index contributed by atoms with van der Waals surface area (Å²) in [7, 11) is 0. The first-order valence-electron chi connectivity index (χ1n) is 6.43. The fourth-order valence-electron chi connectivity index (χ4n) is 2.01. The molecular formula is C13H23NO4. The van der Waals surface area contributed by atoms with Crippen molar-refractivity contribution in [2.75, 3.05) is 0 Å². The molecule has 0 unspecified atom stereocenters. The van der Waals surface area contributed by atoms with Crippen molar-refractivity contribution < 1.29 is 19.1 Å². The molecule has 0 aromatic heterocycles. The predicted molar refractivity (Wildman–Crippen MR) is 66.6 cm³/mol. The van der Waals surface area contributed by atoms with Gasteiger partial charge in [0, 0.05) is 12.8 Å². The van der Waals surface area contributed by atoms with E-state index in [0.29, 0.717) is 12.8 Å². The average Bonchev–Trinajstić information content (AvgIpc) is 2.13. The number of esters is 2. The molecule has 0 saturated heterocycles. The topological polar surface area (TPSA) is 78.6 Å². The molecule has 0 radical (unpaired) electrons. The zero-order valence-corrected chi connectivity index (χ0v) is 11.5. The maximum atomic E-state index is 11.6. The number of hydrogen-bond donors (Lipinski definition) is 1. The van der Waals surface area contributed by atoms with Gasteiger partial charge in [-0.1, -0.05) is 6.42 Å². The second kappa shape index (κ2) is 5.69. The number of hydrogen-bond acceptors (Lipinski definition) is 5. The van der Waals surface area contributed by atoms with Gasteiger partial charge in [0.2, 0.25) is 0 Å². The summed E-state index contributed by atoms with van der Waals surface area (Å²) in [5.74, 6) is -1.18. The normalized spacial score (nSPS) is 19.1. The van der Waals surface area contributed by atoms with Crippen LogP contribution in [0, 0.1) is 0 Å². The van der Waals surface area contributed by atoms with Gasteiger partial charge < -0.3 is 9.47 Å². The average molecular weight is 257 g/mol. The molecule has 2 N–H and O–H groups in total. The molecule has 0 amide bonds. The van der Waals surface area contributed by atoms with E-state index in [1.807, 2.05) is 0 Å². The number of rotatable bonds is 3. The van der Waals surface area contributed by atoms with E-state index in [2.05, 4.69) is 0 Å². The predicted octanol–water partition coefficient (Wildman–Crippen LogP) is 1.88. The van der Waals surface area contributed by atoms with Crippen LogP contribution >= 0.6 is 0 Å². The first-order chi connectivity index (χ1) is 8.20. The lowest BCUT2D eigenvalue weighted by molar-refractivity contribution is -0.171. The molecule has 5 heteroatoms. The van der Waals surface area contributed by atoms with Crippen LogP contribution in [0.5, 0.6) is 0 Å². The first-order valence-corrected chi connectivity index (χ1v) is 6.43. The summed E-state index contributed by atoms with van der Waals surface area (Å²) in [6.45, 7) is 5.26. The second-order valence-corrected chi connectivity index (χ2v) is 5.86. The standard InChI is InChI=1S/C13H23NO4/c1-12(2,3)17-10(15)9-11(16)18-13(14)7-5-4-6-8-13/h4-9,14H2,1-3H3. The van der Waals surface area contributed by atoms with Crippen molar-refractivity contribution in [1.29, 1.82) is 0 Å². The van der Waals surface area contributed by atoms with Gasteiger partial charge in [-0.05, 0) is 33.6 Å². The zero-order valence-electron chi connectivity index (χ0n) is 11.5. The number of carbonyl (C=O) groups is 2. The van der Waals surface area contributed by atoms with Gasteiger partial charge in [0.1, 0.15) is 12.0 Å². The third-order valence-corrected chi connectivity index (χ3v) is 2.73. The third-order valence-electron chi connectivity index (χ3n) is 2.73. The Bertz CT molecular complexity index is 313. The van der Waals surface area contributed by atoms with Crippen LogP contribution in [0.3, 0.4) is 0 Å². The molecule has 18 heavy (non-hydrogen) atoms. The van der Waals surface area contributed by atoms with Gasteiger partial charge in [-0.3, -0.25) is 15.3 Å². The smallest absolute Gasteiger partial charge is 0.318 e. The lowest BCUT2D eigenvalue weighted by Crippen LogP contribution is -2.46. The Morgan fingerprint density at radius 2 is 1.67 bits per heavy atom. The minimum absolute atomic E-state index is 0.379. The van der Waals surface area contributed by atoms with Crippen molar-refractivity contribution >= 4 is 11.9 Å². The molecule has 0 spiro atoms. The zero-order chi connectivity index (χ0) is 13.8. The number of ether oxygens (including phenoxy) is 2. The SMILES string of the molecule is CC(C)(C)OC(=O)CC(=O)OC1(N)CCCCC1. The van der Waals surface area contributed by atoms with Crippen LogP contribution in [0.25, 0.3) is 0 Å². The van der Waals surface area contributed by atoms with Crippen LogP contribution in [0.2, 0.25) is 0 Å². The molecule has 0 bridgehead atoms. The van der Waals surface area contributed by atoms with Gasteiger partial charge in [0.05, 0.1) is 0 Å². The minimum Gasteiger partial charge on any atom is -0.460 e. The van der Waals surface area contributed by atoms with E-state index < -0.39 is 23.3 Å². The highest BCUT2D eigenvalue weighted by molar-refractivity contribution is 5.91. The molecule has 0 aromatic carbocycles. The minimum atomic E-state index is -0.892. The molecule has 1 aliphatic carbocycles. The van der Waals surface area contributed by atoms with Crippen LogP contribution in [-0.4, -0.2) is 23.3 Å². The van der Waals surface area contributed by atoms with Crippen molar-refractivity contribution in [1.82, 2.24) is 0 Å². The van der Waals surface area contributed by atoms with Crippen molar-refractivity contribution in [2.45, 2.75) is 70.6 Å².